The first-order chi connectivity index (χ1) is 14.2. The summed E-state index contributed by atoms with van der Waals surface area (Å²) in [5.74, 6) is 0.0131. The molecule has 0 bridgehead atoms. The molecule has 7 nitrogen and oxygen atoms in total. The maximum atomic E-state index is 12.7. The van der Waals surface area contributed by atoms with Crippen molar-refractivity contribution in [3.05, 3.63) is 48.5 Å². The van der Waals surface area contributed by atoms with E-state index in [1.54, 1.807) is 12.0 Å². The van der Waals surface area contributed by atoms with Gasteiger partial charge in [-0.3, -0.25) is 9.59 Å². The number of nitrogens with one attached hydrogen (secondary N) is 1. The number of carbonyl (C=O) groups excluding carboxylic acids is 2. The van der Waals surface area contributed by atoms with Gasteiger partial charge in [-0.2, -0.15) is 0 Å². The van der Waals surface area contributed by atoms with E-state index in [1.165, 1.54) is 0 Å². The molecule has 0 aliphatic carbocycles. The van der Waals surface area contributed by atoms with E-state index in [9.17, 15) is 9.59 Å². The summed E-state index contributed by atoms with van der Waals surface area (Å²) in [7, 11) is 1.57. The summed E-state index contributed by atoms with van der Waals surface area (Å²) in [6.45, 7) is 3.55. The molecule has 152 valence electrons. The fourth-order valence-corrected chi connectivity index (χ4v) is 3.79. The van der Waals surface area contributed by atoms with Crippen LogP contribution in [-0.2, 0) is 14.3 Å². The smallest absolute Gasteiger partial charge is 0.229 e. The minimum Gasteiger partial charge on any atom is -0.495 e. The van der Waals surface area contributed by atoms with Crippen molar-refractivity contribution in [3.63, 3.8) is 0 Å². The van der Waals surface area contributed by atoms with Crippen molar-refractivity contribution >= 4 is 28.9 Å². The Bertz CT molecular complexity index is 878. The van der Waals surface area contributed by atoms with Crippen LogP contribution < -0.4 is 19.9 Å². The van der Waals surface area contributed by atoms with E-state index in [1.807, 2.05) is 48.5 Å². The molecule has 29 heavy (non-hydrogen) atoms. The highest BCUT2D eigenvalue weighted by molar-refractivity contribution is 6.04. The highest BCUT2D eigenvalue weighted by Gasteiger charge is 2.36. The molecule has 2 saturated heterocycles. The summed E-state index contributed by atoms with van der Waals surface area (Å²) in [6.07, 6.45) is 0.190. The zero-order valence-corrected chi connectivity index (χ0v) is 16.5. The summed E-state index contributed by atoms with van der Waals surface area (Å²) in [5.41, 5.74) is 2.55. The first-order valence-electron chi connectivity index (χ1n) is 9.82. The molecule has 2 aromatic carbocycles. The number of hydrogen-bond acceptors (Lipinski definition) is 5. The van der Waals surface area contributed by atoms with Crippen LogP contribution in [-0.4, -0.2) is 51.8 Å². The van der Waals surface area contributed by atoms with Gasteiger partial charge in [-0.15, -0.1) is 0 Å². The first-order valence-corrected chi connectivity index (χ1v) is 9.82. The second kappa shape index (κ2) is 8.53. The molecular weight excluding hydrogens is 370 g/mol. The van der Waals surface area contributed by atoms with Gasteiger partial charge in [-0.25, -0.2) is 0 Å². The molecule has 0 radical (unpaired) electrons. The number of morpholine rings is 1. The highest BCUT2D eigenvalue weighted by atomic mass is 16.5. The fourth-order valence-electron chi connectivity index (χ4n) is 3.79. The van der Waals surface area contributed by atoms with Gasteiger partial charge in [0.2, 0.25) is 11.8 Å². The Hall–Kier alpha value is -3.06. The Balaban J connectivity index is 1.39. The van der Waals surface area contributed by atoms with E-state index in [-0.39, 0.29) is 18.2 Å². The fraction of sp³-hybridized carbons (Fsp3) is 0.364. The van der Waals surface area contributed by atoms with Gasteiger partial charge in [0.1, 0.15) is 5.75 Å². The summed E-state index contributed by atoms with van der Waals surface area (Å²) in [5, 5.41) is 2.94. The van der Waals surface area contributed by atoms with Crippen LogP contribution in [0.1, 0.15) is 6.42 Å². The van der Waals surface area contributed by atoms with Crippen LogP contribution >= 0.6 is 0 Å². The van der Waals surface area contributed by atoms with Crippen molar-refractivity contribution in [2.45, 2.75) is 6.42 Å². The van der Waals surface area contributed by atoms with Crippen molar-refractivity contribution in [2.24, 2.45) is 5.92 Å². The van der Waals surface area contributed by atoms with Gasteiger partial charge in [-0.05, 0) is 36.4 Å². The van der Waals surface area contributed by atoms with E-state index < -0.39 is 5.92 Å². The highest BCUT2D eigenvalue weighted by Crippen LogP contribution is 2.33. The third kappa shape index (κ3) is 4.19. The Labute approximate surface area is 170 Å². The molecule has 0 spiro atoms. The molecule has 2 aliphatic heterocycles. The Morgan fingerprint density at radius 1 is 1.10 bits per heavy atom. The molecule has 1 N–H and O–H groups in total. The second-order valence-electron chi connectivity index (χ2n) is 7.21. The van der Waals surface area contributed by atoms with Crippen molar-refractivity contribution in [1.82, 2.24) is 0 Å². The maximum absolute atomic E-state index is 12.7. The van der Waals surface area contributed by atoms with Crippen molar-refractivity contribution in [3.8, 4) is 5.75 Å². The minimum absolute atomic E-state index is 0.0719. The lowest BCUT2D eigenvalue weighted by Gasteiger charge is -2.28. The number of rotatable bonds is 5. The molecule has 2 aliphatic rings. The largest absolute Gasteiger partial charge is 0.495 e. The van der Waals surface area contributed by atoms with Gasteiger partial charge in [0.25, 0.3) is 0 Å². The van der Waals surface area contributed by atoms with Crippen LogP contribution in [0.3, 0.4) is 0 Å². The van der Waals surface area contributed by atoms with Crippen LogP contribution in [0.2, 0.25) is 0 Å². The predicted octanol–water partition coefficient (Wildman–Crippen LogP) is 2.52. The molecule has 2 heterocycles. The van der Waals surface area contributed by atoms with Gasteiger partial charge in [-0.1, -0.05) is 12.1 Å². The quantitative estimate of drug-likeness (QED) is 0.842. The van der Waals surface area contributed by atoms with E-state index in [2.05, 4.69) is 10.2 Å². The van der Waals surface area contributed by atoms with Crippen LogP contribution in [0.4, 0.5) is 17.1 Å². The number of para-hydroxylation sites is 2. The predicted molar refractivity (Wildman–Crippen MR) is 112 cm³/mol. The standard InChI is InChI=1S/C22H25N3O4/c1-28-20-5-3-2-4-19(20)25-15-16(14-21(25)26)22(27)23-17-6-8-18(9-7-17)24-10-12-29-13-11-24/h2-9,16H,10-15H2,1H3,(H,23,27)/t16-/m1/s1. The number of carbonyl (C=O) groups is 2. The minimum atomic E-state index is -0.397. The first kappa shape index (κ1) is 19.3. The molecule has 0 saturated carbocycles. The number of methoxy groups -OCH3 is 1. The zero-order valence-electron chi connectivity index (χ0n) is 16.5. The zero-order chi connectivity index (χ0) is 20.2. The van der Waals surface area contributed by atoms with E-state index in [0.29, 0.717) is 18.0 Å². The summed E-state index contributed by atoms with van der Waals surface area (Å²) in [6, 6.07) is 15.2. The molecule has 2 amide bonds. The Morgan fingerprint density at radius 3 is 2.55 bits per heavy atom. The lowest BCUT2D eigenvalue weighted by molar-refractivity contribution is -0.122. The maximum Gasteiger partial charge on any atom is 0.229 e. The average molecular weight is 395 g/mol. The average Bonchev–Trinajstić information content (AvgIpc) is 3.16. The summed E-state index contributed by atoms with van der Waals surface area (Å²) >= 11 is 0. The van der Waals surface area contributed by atoms with Crippen LogP contribution in [0.15, 0.2) is 48.5 Å². The van der Waals surface area contributed by atoms with Crippen molar-refractivity contribution < 1.29 is 19.1 Å². The van der Waals surface area contributed by atoms with E-state index >= 15 is 0 Å². The molecule has 7 heteroatoms. The van der Waals surface area contributed by atoms with Crippen molar-refractivity contribution in [2.75, 3.05) is 55.1 Å². The van der Waals surface area contributed by atoms with Crippen LogP contribution in [0.5, 0.6) is 5.75 Å². The molecular formula is C22H25N3O4. The third-order valence-electron chi connectivity index (χ3n) is 5.38. The van der Waals surface area contributed by atoms with E-state index in [4.69, 9.17) is 9.47 Å². The lowest BCUT2D eigenvalue weighted by atomic mass is 10.1. The molecule has 0 unspecified atom stereocenters. The second-order valence-corrected chi connectivity index (χ2v) is 7.21. The van der Waals surface area contributed by atoms with Gasteiger partial charge in [0, 0.05) is 37.4 Å². The molecule has 2 aromatic rings. The van der Waals surface area contributed by atoms with Crippen LogP contribution in [0.25, 0.3) is 0 Å². The van der Waals surface area contributed by atoms with Crippen LogP contribution in [0, 0.1) is 5.92 Å². The number of amides is 2. The molecule has 4 rings (SSSR count). The SMILES string of the molecule is COc1ccccc1N1C[C@H](C(=O)Nc2ccc(N3CCOCC3)cc2)CC1=O. The van der Waals surface area contributed by atoms with Gasteiger partial charge >= 0.3 is 0 Å². The van der Waals surface area contributed by atoms with E-state index in [0.717, 1.165) is 37.7 Å². The number of anilines is 3. The topological polar surface area (TPSA) is 71.1 Å². The summed E-state index contributed by atoms with van der Waals surface area (Å²) < 4.78 is 10.7. The number of ether oxygens (including phenoxy) is 2. The number of nitrogens with zero attached hydrogens (tertiary/aromatic N) is 2. The normalized spacial score (nSPS) is 19.3. The lowest BCUT2D eigenvalue weighted by Crippen LogP contribution is -2.36. The molecule has 0 aromatic heterocycles. The number of hydrogen-bond donors (Lipinski definition) is 1. The van der Waals surface area contributed by atoms with Gasteiger partial charge < -0.3 is 24.6 Å². The van der Waals surface area contributed by atoms with Gasteiger partial charge in [0.15, 0.2) is 0 Å². The monoisotopic (exact) mass is 395 g/mol. The molecule has 1 atom stereocenters. The third-order valence-corrected chi connectivity index (χ3v) is 5.38. The summed E-state index contributed by atoms with van der Waals surface area (Å²) in [4.78, 5) is 29.1. The van der Waals surface area contributed by atoms with Crippen molar-refractivity contribution in [1.29, 1.82) is 0 Å². The Kier molecular flexibility index (Phi) is 5.67. The van der Waals surface area contributed by atoms with Gasteiger partial charge in [0.05, 0.1) is 31.9 Å². The Morgan fingerprint density at radius 2 is 1.83 bits per heavy atom. The number of benzene rings is 2. The molecule has 2 fully saturated rings.